The Morgan fingerprint density at radius 1 is 1.04 bits per heavy atom. The summed E-state index contributed by atoms with van der Waals surface area (Å²) in [5.74, 6) is 1.37. The minimum atomic E-state index is -0.246. The third kappa shape index (κ3) is 6.86. The molecule has 0 saturated heterocycles. The van der Waals surface area contributed by atoms with E-state index in [2.05, 4.69) is 24.4 Å². The van der Waals surface area contributed by atoms with Crippen LogP contribution >= 0.6 is 0 Å². The van der Waals surface area contributed by atoms with Crippen molar-refractivity contribution in [2.24, 2.45) is 0 Å². The van der Waals surface area contributed by atoms with Crippen molar-refractivity contribution in [1.29, 1.82) is 5.26 Å². The van der Waals surface area contributed by atoms with Gasteiger partial charge >= 0.3 is 0 Å². The first-order valence-electron chi connectivity index (χ1n) is 8.78. The van der Waals surface area contributed by atoms with Gasteiger partial charge in [0, 0.05) is 6.54 Å². The first kappa shape index (κ1) is 19.3. The summed E-state index contributed by atoms with van der Waals surface area (Å²) in [6, 6.07) is 17.7. The monoisotopic (exact) mass is 352 g/mol. The molecule has 0 heterocycles. The lowest BCUT2D eigenvalue weighted by Gasteiger charge is -2.10. The number of ether oxygens (including phenoxy) is 2. The van der Waals surface area contributed by atoms with Crippen LogP contribution in [0.2, 0.25) is 0 Å². The van der Waals surface area contributed by atoms with Crippen molar-refractivity contribution in [2.75, 3.05) is 19.8 Å². The molecule has 1 amide bonds. The number of nitrogens with zero attached hydrogens (tertiary/aromatic N) is 1. The fourth-order valence-electron chi connectivity index (χ4n) is 2.41. The molecule has 0 aliphatic heterocycles. The van der Waals surface area contributed by atoms with Gasteiger partial charge in [-0.25, -0.2) is 0 Å². The quantitative estimate of drug-likeness (QED) is 0.666. The van der Waals surface area contributed by atoms with E-state index in [4.69, 9.17) is 14.7 Å². The Morgan fingerprint density at radius 3 is 2.46 bits per heavy atom. The van der Waals surface area contributed by atoms with Crippen LogP contribution in [0.25, 0.3) is 0 Å². The molecule has 1 N–H and O–H groups in total. The summed E-state index contributed by atoms with van der Waals surface area (Å²) in [6.45, 7) is 3.55. The van der Waals surface area contributed by atoms with Crippen molar-refractivity contribution < 1.29 is 14.3 Å². The number of hydrogen-bond acceptors (Lipinski definition) is 4. The number of benzene rings is 2. The zero-order valence-corrected chi connectivity index (χ0v) is 15.0. The van der Waals surface area contributed by atoms with Gasteiger partial charge in [-0.15, -0.1) is 0 Å². The molecule has 2 aromatic rings. The number of nitrogens with one attached hydrogen (secondary N) is 1. The largest absolute Gasteiger partial charge is 0.490 e. The molecule has 0 saturated carbocycles. The van der Waals surface area contributed by atoms with Crippen molar-refractivity contribution in [2.45, 2.75) is 26.2 Å². The van der Waals surface area contributed by atoms with Gasteiger partial charge in [-0.3, -0.25) is 4.79 Å². The third-order valence-corrected chi connectivity index (χ3v) is 3.83. The van der Waals surface area contributed by atoms with E-state index in [0.717, 1.165) is 23.5 Å². The highest BCUT2D eigenvalue weighted by Gasteiger charge is 2.01. The SMILES string of the molecule is CCc1ccc(OCCOc2cccc(CCNC(=O)CC#N)c2)cc1. The summed E-state index contributed by atoms with van der Waals surface area (Å²) in [6.07, 6.45) is 1.60. The Bertz CT molecular complexity index is 736. The van der Waals surface area contributed by atoms with E-state index in [-0.39, 0.29) is 12.3 Å². The van der Waals surface area contributed by atoms with Crippen LogP contribution < -0.4 is 14.8 Å². The lowest BCUT2D eigenvalue weighted by Crippen LogP contribution is -2.24. The fourth-order valence-corrected chi connectivity index (χ4v) is 2.41. The van der Waals surface area contributed by atoms with Crippen LogP contribution in [0, 0.1) is 11.3 Å². The standard InChI is InChI=1S/C21H24N2O3/c1-2-17-6-8-19(9-7-17)25-14-15-26-20-5-3-4-18(16-20)11-13-23-21(24)10-12-22/h3-9,16H,2,10-11,13-15H2,1H3,(H,23,24). The molecule has 0 spiro atoms. The van der Waals surface area contributed by atoms with E-state index >= 15 is 0 Å². The number of carbonyl (C=O) groups is 1. The van der Waals surface area contributed by atoms with E-state index in [9.17, 15) is 4.79 Å². The summed E-state index contributed by atoms with van der Waals surface area (Å²) in [5.41, 5.74) is 2.35. The smallest absolute Gasteiger partial charge is 0.234 e. The van der Waals surface area contributed by atoms with Crippen LogP contribution in [0.1, 0.15) is 24.5 Å². The lowest BCUT2D eigenvalue weighted by molar-refractivity contribution is -0.120. The third-order valence-electron chi connectivity index (χ3n) is 3.83. The van der Waals surface area contributed by atoms with Gasteiger partial charge in [0.1, 0.15) is 31.1 Å². The molecule has 0 aliphatic carbocycles. The molecular formula is C21H24N2O3. The topological polar surface area (TPSA) is 71.3 Å². The second kappa shape index (κ2) is 10.8. The molecule has 5 heteroatoms. The number of carbonyl (C=O) groups excluding carboxylic acids is 1. The molecule has 0 radical (unpaired) electrons. The molecular weight excluding hydrogens is 328 g/mol. The zero-order valence-electron chi connectivity index (χ0n) is 15.0. The van der Waals surface area contributed by atoms with Gasteiger partial charge in [-0.2, -0.15) is 5.26 Å². The second-order valence-corrected chi connectivity index (χ2v) is 5.78. The Morgan fingerprint density at radius 2 is 1.77 bits per heavy atom. The number of aryl methyl sites for hydroxylation is 1. The van der Waals surface area contributed by atoms with Crippen LogP contribution in [0.3, 0.4) is 0 Å². The van der Waals surface area contributed by atoms with Crippen molar-refractivity contribution in [1.82, 2.24) is 5.32 Å². The first-order chi connectivity index (χ1) is 12.7. The van der Waals surface area contributed by atoms with Crippen LogP contribution in [0.5, 0.6) is 11.5 Å². The van der Waals surface area contributed by atoms with Gasteiger partial charge < -0.3 is 14.8 Å². The molecule has 2 rings (SSSR count). The van der Waals surface area contributed by atoms with Gasteiger partial charge in [0.15, 0.2) is 0 Å². The summed E-state index contributed by atoms with van der Waals surface area (Å²) in [7, 11) is 0. The predicted octanol–water partition coefficient (Wildman–Crippen LogP) is 3.28. The van der Waals surface area contributed by atoms with Gasteiger partial charge in [0.05, 0.1) is 6.07 Å². The highest BCUT2D eigenvalue weighted by molar-refractivity contribution is 5.77. The molecule has 0 fully saturated rings. The Hall–Kier alpha value is -3.00. The number of rotatable bonds is 10. The second-order valence-electron chi connectivity index (χ2n) is 5.78. The van der Waals surface area contributed by atoms with Crippen molar-refractivity contribution >= 4 is 5.91 Å². The average Bonchev–Trinajstić information content (AvgIpc) is 2.66. The van der Waals surface area contributed by atoms with E-state index < -0.39 is 0 Å². The molecule has 0 aliphatic rings. The Labute approximate surface area is 154 Å². The fraction of sp³-hybridized carbons (Fsp3) is 0.333. The summed E-state index contributed by atoms with van der Waals surface area (Å²) in [4.78, 5) is 11.3. The van der Waals surface area contributed by atoms with Crippen molar-refractivity contribution in [3.63, 3.8) is 0 Å². The summed E-state index contributed by atoms with van der Waals surface area (Å²) < 4.78 is 11.4. The number of hydrogen-bond donors (Lipinski definition) is 1. The normalized spacial score (nSPS) is 10.0. The highest BCUT2D eigenvalue weighted by atomic mass is 16.5. The van der Waals surface area contributed by atoms with Crippen LogP contribution in [-0.2, 0) is 17.6 Å². The molecule has 136 valence electrons. The molecule has 0 unspecified atom stereocenters. The van der Waals surface area contributed by atoms with Crippen molar-refractivity contribution in [3.05, 3.63) is 59.7 Å². The molecule has 0 atom stereocenters. The van der Waals surface area contributed by atoms with Crippen LogP contribution in [0.4, 0.5) is 0 Å². The maximum absolute atomic E-state index is 11.3. The minimum absolute atomic E-state index is 0.107. The summed E-state index contributed by atoms with van der Waals surface area (Å²) in [5, 5.41) is 11.2. The molecule has 2 aromatic carbocycles. The van der Waals surface area contributed by atoms with E-state index in [1.165, 1.54) is 5.56 Å². The average molecular weight is 352 g/mol. The zero-order chi connectivity index (χ0) is 18.6. The Balaban J connectivity index is 1.70. The first-order valence-corrected chi connectivity index (χ1v) is 8.78. The van der Waals surface area contributed by atoms with Gasteiger partial charge in [-0.1, -0.05) is 31.2 Å². The molecule has 5 nitrogen and oxygen atoms in total. The summed E-state index contributed by atoms with van der Waals surface area (Å²) >= 11 is 0. The van der Waals surface area contributed by atoms with Crippen LogP contribution in [-0.4, -0.2) is 25.7 Å². The maximum Gasteiger partial charge on any atom is 0.234 e. The number of nitriles is 1. The van der Waals surface area contributed by atoms with Gasteiger partial charge in [0.25, 0.3) is 0 Å². The predicted molar refractivity (Wildman–Crippen MR) is 100 cm³/mol. The molecule has 0 bridgehead atoms. The highest BCUT2D eigenvalue weighted by Crippen LogP contribution is 2.15. The van der Waals surface area contributed by atoms with E-state index in [0.29, 0.717) is 26.2 Å². The molecule has 0 aromatic heterocycles. The van der Waals surface area contributed by atoms with Crippen LogP contribution in [0.15, 0.2) is 48.5 Å². The van der Waals surface area contributed by atoms with E-state index in [1.54, 1.807) is 0 Å². The lowest BCUT2D eigenvalue weighted by atomic mass is 10.1. The maximum atomic E-state index is 11.3. The molecule has 26 heavy (non-hydrogen) atoms. The van der Waals surface area contributed by atoms with Gasteiger partial charge in [-0.05, 0) is 48.2 Å². The minimum Gasteiger partial charge on any atom is -0.490 e. The Kier molecular flexibility index (Phi) is 8.01. The van der Waals surface area contributed by atoms with Gasteiger partial charge in [0.2, 0.25) is 5.91 Å². The van der Waals surface area contributed by atoms with E-state index in [1.807, 2.05) is 42.5 Å². The number of amides is 1. The van der Waals surface area contributed by atoms with Crippen molar-refractivity contribution in [3.8, 4) is 17.6 Å².